The second-order valence-electron chi connectivity index (χ2n) is 4.95. The first kappa shape index (κ1) is 10.8. The van der Waals surface area contributed by atoms with E-state index < -0.39 is 0 Å². The van der Waals surface area contributed by atoms with Gasteiger partial charge in [0.25, 0.3) is 5.91 Å². The third-order valence-electron chi connectivity index (χ3n) is 3.92. The second-order valence-corrected chi connectivity index (χ2v) is 4.95. The number of nitrogens with zero attached hydrogens (tertiary/aromatic N) is 1. The molecular weight excluding hydrogens is 216 g/mol. The highest BCUT2D eigenvalue weighted by Crippen LogP contribution is 2.27. The quantitative estimate of drug-likeness (QED) is 0.846. The van der Waals surface area contributed by atoms with Crippen LogP contribution in [0, 0.1) is 0 Å². The van der Waals surface area contributed by atoms with Gasteiger partial charge in [-0.05, 0) is 37.9 Å². The molecule has 2 aliphatic rings. The molecule has 0 saturated carbocycles. The second kappa shape index (κ2) is 4.53. The van der Waals surface area contributed by atoms with Crippen molar-refractivity contribution in [2.24, 2.45) is 0 Å². The molecule has 3 heterocycles. The number of hydrogen-bond acceptors (Lipinski definition) is 3. The van der Waals surface area contributed by atoms with Gasteiger partial charge in [-0.25, -0.2) is 0 Å². The Morgan fingerprint density at radius 3 is 3.12 bits per heavy atom. The zero-order chi connectivity index (χ0) is 11.7. The summed E-state index contributed by atoms with van der Waals surface area (Å²) in [7, 11) is 0. The number of piperidine rings is 1. The monoisotopic (exact) mass is 234 g/mol. The molecule has 0 radical (unpaired) electrons. The molecule has 1 N–H and O–H groups in total. The van der Waals surface area contributed by atoms with Gasteiger partial charge in [-0.1, -0.05) is 6.42 Å². The standard InChI is InChI=1S/C13H18N2O2/c16-13(12-5-3-9-17-12)14-10-6-8-15-7-2-1-4-11(10)15/h3,5,9-11H,1-2,4,6-8H2,(H,14,16). The molecule has 0 aromatic carbocycles. The molecule has 2 unspecified atom stereocenters. The van der Waals surface area contributed by atoms with Gasteiger partial charge in [0.2, 0.25) is 0 Å². The Morgan fingerprint density at radius 2 is 2.29 bits per heavy atom. The van der Waals surface area contributed by atoms with Gasteiger partial charge in [0.1, 0.15) is 0 Å². The van der Waals surface area contributed by atoms with E-state index in [1.807, 2.05) is 0 Å². The van der Waals surface area contributed by atoms with E-state index in [1.165, 1.54) is 32.1 Å². The van der Waals surface area contributed by atoms with E-state index >= 15 is 0 Å². The van der Waals surface area contributed by atoms with Crippen molar-refractivity contribution < 1.29 is 9.21 Å². The van der Waals surface area contributed by atoms with Gasteiger partial charge in [-0.15, -0.1) is 0 Å². The smallest absolute Gasteiger partial charge is 0.287 e. The van der Waals surface area contributed by atoms with Gasteiger partial charge >= 0.3 is 0 Å². The summed E-state index contributed by atoms with van der Waals surface area (Å²) in [5.74, 6) is 0.340. The Hall–Kier alpha value is -1.29. The number of rotatable bonds is 2. The number of furan rings is 1. The van der Waals surface area contributed by atoms with Crippen LogP contribution in [0.4, 0.5) is 0 Å². The number of amides is 1. The minimum absolute atomic E-state index is 0.0765. The molecule has 1 amide bonds. The topological polar surface area (TPSA) is 45.5 Å². The maximum atomic E-state index is 11.9. The molecule has 2 atom stereocenters. The minimum Gasteiger partial charge on any atom is -0.459 e. The van der Waals surface area contributed by atoms with E-state index in [2.05, 4.69) is 10.2 Å². The summed E-state index contributed by atoms with van der Waals surface area (Å²) in [4.78, 5) is 14.4. The summed E-state index contributed by atoms with van der Waals surface area (Å²) >= 11 is 0. The first-order chi connectivity index (χ1) is 8.34. The van der Waals surface area contributed by atoms with Crippen molar-refractivity contribution in [1.29, 1.82) is 0 Å². The maximum Gasteiger partial charge on any atom is 0.287 e. The third kappa shape index (κ3) is 2.09. The van der Waals surface area contributed by atoms with Gasteiger partial charge in [-0.2, -0.15) is 0 Å². The molecule has 92 valence electrons. The highest BCUT2D eigenvalue weighted by atomic mass is 16.3. The molecule has 2 aliphatic heterocycles. The Labute approximate surface area is 101 Å². The summed E-state index contributed by atoms with van der Waals surface area (Å²) in [5, 5.41) is 3.11. The number of carbonyl (C=O) groups is 1. The number of nitrogens with one attached hydrogen (secondary N) is 1. The van der Waals surface area contributed by atoms with Crippen molar-refractivity contribution in [2.75, 3.05) is 13.1 Å². The van der Waals surface area contributed by atoms with E-state index in [0.717, 1.165) is 13.0 Å². The molecule has 2 saturated heterocycles. The third-order valence-corrected chi connectivity index (χ3v) is 3.92. The van der Waals surface area contributed by atoms with Crippen LogP contribution in [0.25, 0.3) is 0 Å². The van der Waals surface area contributed by atoms with Crippen LogP contribution in [0.1, 0.15) is 36.2 Å². The Balaban J connectivity index is 1.64. The molecule has 1 aromatic heterocycles. The Kier molecular flexibility index (Phi) is 2.89. The molecule has 17 heavy (non-hydrogen) atoms. The molecule has 0 aliphatic carbocycles. The normalized spacial score (nSPS) is 28.9. The van der Waals surface area contributed by atoms with Crippen molar-refractivity contribution >= 4 is 5.91 Å². The van der Waals surface area contributed by atoms with E-state index in [4.69, 9.17) is 4.42 Å². The fraction of sp³-hybridized carbons (Fsp3) is 0.615. The van der Waals surface area contributed by atoms with Crippen LogP contribution in [0.2, 0.25) is 0 Å². The molecule has 2 fully saturated rings. The summed E-state index contributed by atoms with van der Waals surface area (Å²) in [5.41, 5.74) is 0. The van der Waals surface area contributed by atoms with Crippen molar-refractivity contribution in [2.45, 2.75) is 37.8 Å². The predicted octanol–water partition coefficient (Wildman–Crippen LogP) is 1.64. The van der Waals surface area contributed by atoms with Crippen LogP contribution in [-0.2, 0) is 0 Å². The van der Waals surface area contributed by atoms with Crippen LogP contribution < -0.4 is 5.32 Å². The van der Waals surface area contributed by atoms with Gasteiger partial charge in [0.05, 0.1) is 6.26 Å². The molecule has 1 aromatic rings. The van der Waals surface area contributed by atoms with Crippen LogP contribution in [0.3, 0.4) is 0 Å². The molecular formula is C13H18N2O2. The predicted molar refractivity (Wildman–Crippen MR) is 63.8 cm³/mol. The average molecular weight is 234 g/mol. The maximum absolute atomic E-state index is 11.9. The van der Waals surface area contributed by atoms with Crippen molar-refractivity contribution in [3.8, 4) is 0 Å². The summed E-state index contributed by atoms with van der Waals surface area (Å²) < 4.78 is 5.12. The molecule has 4 nitrogen and oxygen atoms in total. The zero-order valence-electron chi connectivity index (χ0n) is 9.89. The highest BCUT2D eigenvalue weighted by molar-refractivity contribution is 5.91. The molecule has 4 heteroatoms. The lowest BCUT2D eigenvalue weighted by Gasteiger charge is -2.32. The lowest BCUT2D eigenvalue weighted by molar-refractivity contribution is 0.0887. The van der Waals surface area contributed by atoms with Gasteiger partial charge in [0.15, 0.2) is 5.76 Å². The summed E-state index contributed by atoms with van der Waals surface area (Å²) in [6, 6.07) is 4.30. The Bertz CT molecular complexity index is 388. The largest absolute Gasteiger partial charge is 0.459 e. The average Bonchev–Trinajstić information content (AvgIpc) is 2.98. The van der Waals surface area contributed by atoms with Gasteiger partial charge in [-0.3, -0.25) is 9.69 Å². The fourth-order valence-electron chi connectivity index (χ4n) is 3.06. The van der Waals surface area contributed by atoms with Crippen LogP contribution in [-0.4, -0.2) is 36.0 Å². The van der Waals surface area contributed by atoms with E-state index in [9.17, 15) is 4.79 Å². The molecule has 0 spiro atoms. The lowest BCUT2D eigenvalue weighted by Crippen LogP contribution is -2.46. The number of fused-ring (bicyclic) bond motifs is 1. The SMILES string of the molecule is O=C(NC1CCN2CCCCC12)c1ccco1. The van der Waals surface area contributed by atoms with Crippen molar-refractivity contribution in [3.05, 3.63) is 24.2 Å². The van der Waals surface area contributed by atoms with Crippen LogP contribution >= 0.6 is 0 Å². The summed E-state index contributed by atoms with van der Waals surface area (Å²) in [6.07, 6.45) is 6.40. The van der Waals surface area contributed by atoms with E-state index in [-0.39, 0.29) is 5.91 Å². The van der Waals surface area contributed by atoms with Gasteiger partial charge < -0.3 is 9.73 Å². The zero-order valence-corrected chi connectivity index (χ0v) is 9.89. The van der Waals surface area contributed by atoms with E-state index in [1.54, 1.807) is 12.1 Å². The first-order valence-corrected chi connectivity index (χ1v) is 6.43. The minimum atomic E-state index is -0.0765. The fourth-order valence-corrected chi connectivity index (χ4v) is 3.06. The van der Waals surface area contributed by atoms with Gasteiger partial charge in [0, 0.05) is 18.6 Å². The summed E-state index contributed by atoms with van der Waals surface area (Å²) in [6.45, 7) is 2.31. The van der Waals surface area contributed by atoms with Crippen LogP contribution in [0.5, 0.6) is 0 Å². The van der Waals surface area contributed by atoms with Crippen molar-refractivity contribution in [1.82, 2.24) is 10.2 Å². The van der Waals surface area contributed by atoms with Crippen LogP contribution in [0.15, 0.2) is 22.8 Å². The molecule has 3 rings (SSSR count). The van der Waals surface area contributed by atoms with E-state index in [0.29, 0.717) is 17.8 Å². The molecule has 0 bridgehead atoms. The first-order valence-electron chi connectivity index (χ1n) is 6.43. The number of carbonyl (C=O) groups excluding carboxylic acids is 1. The number of hydrogen-bond donors (Lipinski definition) is 1. The highest BCUT2D eigenvalue weighted by Gasteiger charge is 2.36. The van der Waals surface area contributed by atoms with Crippen molar-refractivity contribution in [3.63, 3.8) is 0 Å². The Morgan fingerprint density at radius 1 is 1.35 bits per heavy atom. The lowest BCUT2D eigenvalue weighted by atomic mass is 9.99.